The van der Waals surface area contributed by atoms with Gasteiger partial charge in [0.25, 0.3) is 0 Å². The Bertz CT molecular complexity index is 429. The summed E-state index contributed by atoms with van der Waals surface area (Å²) in [4.78, 5) is 8.86. The van der Waals surface area contributed by atoms with Crippen LogP contribution in [0.1, 0.15) is 66.9 Å². The van der Waals surface area contributed by atoms with Crippen molar-refractivity contribution < 1.29 is 0 Å². The summed E-state index contributed by atoms with van der Waals surface area (Å²) in [5.41, 5.74) is 1.25. The Morgan fingerprint density at radius 1 is 1.10 bits per heavy atom. The molecule has 2 aliphatic rings. The number of aryl methyl sites for hydroxylation is 1. The van der Waals surface area contributed by atoms with Gasteiger partial charge < -0.3 is 5.32 Å². The van der Waals surface area contributed by atoms with E-state index >= 15 is 0 Å². The van der Waals surface area contributed by atoms with Gasteiger partial charge in [0.15, 0.2) is 0 Å². The molecule has 3 nitrogen and oxygen atoms in total. The summed E-state index contributed by atoms with van der Waals surface area (Å²) in [6.07, 6.45) is 11.1. The Kier molecular flexibility index (Phi) is 5.67. The summed E-state index contributed by atoms with van der Waals surface area (Å²) in [5.74, 6) is 0. The first-order valence-corrected chi connectivity index (χ1v) is 9.54. The third-order valence-electron chi connectivity index (χ3n) is 4.90. The fraction of sp³-hybridized carbons (Fsp3) is 0.824. The maximum Gasteiger partial charge on any atom is 0.107 e. The van der Waals surface area contributed by atoms with Gasteiger partial charge in [0.05, 0.1) is 12.2 Å². The van der Waals surface area contributed by atoms with Crippen molar-refractivity contribution in [3.63, 3.8) is 0 Å². The number of nitrogens with one attached hydrogen (secondary N) is 1. The van der Waals surface area contributed by atoms with Gasteiger partial charge in [-0.3, -0.25) is 4.90 Å². The number of hydrogen-bond donors (Lipinski definition) is 1. The van der Waals surface area contributed by atoms with Gasteiger partial charge in [-0.1, -0.05) is 25.7 Å². The predicted octanol–water partition coefficient (Wildman–Crippen LogP) is 3.86. The van der Waals surface area contributed by atoms with Crippen molar-refractivity contribution in [2.24, 2.45) is 0 Å². The highest BCUT2D eigenvalue weighted by atomic mass is 32.1. The first-order chi connectivity index (χ1) is 10.3. The van der Waals surface area contributed by atoms with Crippen LogP contribution >= 0.6 is 11.3 Å². The van der Waals surface area contributed by atoms with Crippen LogP contribution in [0.4, 0.5) is 0 Å². The van der Waals surface area contributed by atoms with Crippen molar-refractivity contribution in [3.05, 3.63) is 15.6 Å². The predicted molar refractivity (Wildman–Crippen MR) is 89.7 cm³/mol. The van der Waals surface area contributed by atoms with Crippen LogP contribution in [0.3, 0.4) is 0 Å². The Morgan fingerprint density at radius 2 is 1.81 bits per heavy atom. The highest BCUT2D eigenvalue weighted by molar-refractivity contribution is 7.11. The second kappa shape index (κ2) is 7.70. The molecular weight excluding hydrogens is 278 g/mol. The number of aromatic nitrogens is 1. The summed E-state index contributed by atoms with van der Waals surface area (Å²) in [6, 6.07) is 0.751. The lowest BCUT2D eigenvalue weighted by atomic mass is 10.2. The molecule has 1 saturated carbocycles. The minimum atomic E-state index is 0.751. The van der Waals surface area contributed by atoms with Gasteiger partial charge in [-0.25, -0.2) is 4.98 Å². The van der Waals surface area contributed by atoms with Gasteiger partial charge in [-0.05, 0) is 45.7 Å². The Hall–Kier alpha value is -0.450. The van der Waals surface area contributed by atoms with E-state index in [0.29, 0.717) is 0 Å². The van der Waals surface area contributed by atoms with Crippen LogP contribution in [-0.4, -0.2) is 29.0 Å². The van der Waals surface area contributed by atoms with E-state index in [2.05, 4.69) is 17.1 Å². The zero-order chi connectivity index (χ0) is 14.5. The maximum atomic E-state index is 4.82. The van der Waals surface area contributed by atoms with Crippen molar-refractivity contribution >= 4 is 11.3 Å². The van der Waals surface area contributed by atoms with Gasteiger partial charge >= 0.3 is 0 Å². The summed E-state index contributed by atoms with van der Waals surface area (Å²) >= 11 is 1.93. The van der Waals surface area contributed by atoms with Crippen LogP contribution < -0.4 is 5.32 Å². The quantitative estimate of drug-likeness (QED) is 0.895. The highest BCUT2D eigenvalue weighted by Gasteiger charge is 2.17. The standard InChI is InChI=1S/C17H29N3S/c1-14-16(12-18-15-8-4-5-9-15)21-17(19-14)13-20-10-6-2-3-7-11-20/h15,18H,2-13H2,1H3. The molecule has 0 unspecified atom stereocenters. The molecule has 0 radical (unpaired) electrons. The molecule has 0 aromatic carbocycles. The lowest BCUT2D eigenvalue weighted by Crippen LogP contribution is -2.25. The summed E-state index contributed by atoms with van der Waals surface area (Å²) in [5, 5.41) is 5.04. The zero-order valence-electron chi connectivity index (χ0n) is 13.4. The molecule has 3 rings (SSSR count). The number of nitrogens with zero attached hydrogens (tertiary/aromatic N) is 2. The summed E-state index contributed by atoms with van der Waals surface area (Å²) < 4.78 is 0. The highest BCUT2D eigenvalue weighted by Crippen LogP contribution is 2.23. The van der Waals surface area contributed by atoms with Crippen LogP contribution in [0.2, 0.25) is 0 Å². The largest absolute Gasteiger partial charge is 0.309 e. The van der Waals surface area contributed by atoms with Crippen LogP contribution in [-0.2, 0) is 13.1 Å². The van der Waals surface area contributed by atoms with Crippen molar-refractivity contribution in [1.29, 1.82) is 0 Å². The molecular formula is C17H29N3S. The van der Waals surface area contributed by atoms with Crippen molar-refractivity contribution in [1.82, 2.24) is 15.2 Å². The van der Waals surface area contributed by atoms with Crippen molar-refractivity contribution in [2.45, 2.75) is 77.4 Å². The van der Waals surface area contributed by atoms with Crippen LogP contribution in [0.25, 0.3) is 0 Å². The molecule has 4 heteroatoms. The van der Waals surface area contributed by atoms with Crippen molar-refractivity contribution in [3.8, 4) is 0 Å². The third kappa shape index (κ3) is 4.51. The van der Waals surface area contributed by atoms with E-state index in [1.165, 1.54) is 80.0 Å². The first kappa shape index (κ1) is 15.4. The van der Waals surface area contributed by atoms with E-state index in [1.807, 2.05) is 11.3 Å². The number of hydrogen-bond acceptors (Lipinski definition) is 4. The Labute approximate surface area is 133 Å². The van der Waals surface area contributed by atoms with E-state index < -0.39 is 0 Å². The number of rotatable bonds is 5. The minimum Gasteiger partial charge on any atom is -0.309 e. The molecule has 118 valence electrons. The van der Waals surface area contributed by atoms with E-state index in [9.17, 15) is 0 Å². The second-order valence-corrected chi connectivity index (χ2v) is 7.84. The second-order valence-electron chi connectivity index (χ2n) is 6.67. The van der Waals surface area contributed by atoms with Gasteiger partial charge in [-0.2, -0.15) is 0 Å². The Morgan fingerprint density at radius 3 is 2.52 bits per heavy atom. The molecule has 0 spiro atoms. The fourth-order valence-electron chi connectivity index (χ4n) is 3.57. The third-order valence-corrected chi connectivity index (χ3v) is 6.04. The molecule has 1 saturated heterocycles. The molecule has 1 aromatic rings. The smallest absolute Gasteiger partial charge is 0.107 e. The number of likely N-dealkylation sites (tertiary alicyclic amines) is 1. The van der Waals surface area contributed by atoms with E-state index in [0.717, 1.165) is 19.1 Å². The van der Waals surface area contributed by atoms with Crippen LogP contribution in [0, 0.1) is 6.92 Å². The molecule has 0 amide bonds. The Balaban J connectivity index is 1.52. The molecule has 0 bridgehead atoms. The topological polar surface area (TPSA) is 28.2 Å². The van der Waals surface area contributed by atoms with E-state index in [4.69, 9.17) is 4.98 Å². The molecule has 1 aliphatic heterocycles. The minimum absolute atomic E-state index is 0.751. The maximum absolute atomic E-state index is 4.82. The van der Waals surface area contributed by atoms with E-state index in [-0.39, 0.29) is 0 Å². The van der Waals surface area contributed by atoms with E-state index in [1.54, 1.807) is 0 Å². The average molecular weight is 308 g/mol. The normalized spacial score (nSPS) is 21.8. The lowest BCUT2D eigenvalue weighted by molar-refractivity contribution is 0.276. The van der Waals surface area contributed by atoms with Crippen LogP contribution in [0.5, 0.6) is 0 Å². The molecule has 1 N–H and O–H groups in total. The van der Waals surface area contributed by atoms with Crippen molar-refractivity contribution in [2.75, 3.05) is 13.1 Å². The molecule has 2 fully saturated rings. The first-order valence-electron chi connectivity index (χ1n) is 8.72. The lowest BCUT2D eigenvalue weighted by Gasteiger charge is -2.17. The zero-order valence-corrected chi connectivity index (χ0v) is 14.2. The summed E-state index contributed by atoms with van der Waals surface area (Å²) in [7, 11) is 0. The summed E-state index contributed by atoms with van der Waals surface area (Å²) in [6.45, 7) is 6.78. The molecule has 2 heterocycles. The molecule has 1 aliphatic carbocycles. The molecule has 1 aromatic heterocycles. The molecule has 0 atom stereocenters. The van der Waals surface area contributed by atoms with Gasteiger partial charge in [0.1, 0.15) is 5.01 Å². The van der Waals surface area contributed by atoms with Gasteiger partial charge in [-0.15, -0.1) is 11.3 Å². The number of thiazole rings is 1. The van der Waals surface area contributed by atoms with Gasteiger partial charge in [0, 0.05) is 17.5 Å². The fourth-order valence-corrected chi connectivity index (χ4v) is 4.64. The van der Waals surface area contributed by atoms with Gasteiger partial charge in [0.2, 0.25) is 0 Å². The SMILES string of the molecule is Cc1nc(CN2CCCCCC2)sc1CNC1CCCC1. The van der Waals surface area contributed by atoms with Crippen LogP contribution in [0.15, 0.2) is 0 Å². The molecule has 21 heavy (non-hydrogen) atoms. The average Bonchev–Trinajstić information content (AvgIpc) is 3.02. The monoisotopic (exact) mass is 307 g/mol.